The lowest BCUT2D eigenvalue weighted by atomic mass is 10.1. The Labute approximate surface area is 159 Å². The fourth-order valence-corrected chi connectivity index (χ4v) is 3.50. The van der Waals surface area contributed by atoms with Crippen LogP contribution in [-0.4, -0.2) is 23.3 Å². The van der Waals surface area contributed by atoms with E-state index in [4.69, 9.17) is 4.99 Å². The van der Waals surface area contributed by atoms with Gasteiger partial charge in [0.1, 0.15) is 5.84 Å². The summed E-state index contributed by atoms with van der Waals surface area (Å²) in [6, 6.07) is 23.8. The molecule has 27 heavy (non-hydrogen) atoms. The van der Waals surface area contributed by atoms with Crippen LogP contribution in [0.5, 0.6) is 0 Å². The van der Waals surface area contributed by atoms with Crippen LogP contribution in [0.2, 0.25) is 0 Å². The third-order valence-corrected chi connectivity index (χ3v) is 4.88. The average molecular weight is 357 g/mol. The van der Waals surface area contributed by atoms with Crippen LogP contribution >= 0.6 is 0 Å². The molecule has 4 rings (SSSR count). The van der Waals surface area contributed by atoms with Crippen molar-refractivity contribution in [3.05, 3.63) is 72.8 Å². The Bertz CT molecular complexity index is 960. The SMILES string of the molecule is O=C(Nc1cccc2ccccc12)N1CCCCCC1=Nc1ccccc1. The highest BCUT2D eigenvalue weighted by Gasteiger charge is 2.22. The van der Waals surface area contributed by atoms with E-state index in [-0.39, 0.29) is 6.03 Å². The normalized spacial score (nSPS) is 16.3. The minimum atomic E-state index is -0.108. The first-order valence-electron chi connectivity index (χ1n) is 9.50. The van der Waals surface area contributed by atoms with Gasteiger partial charge in [0, 0.05) is 18.4 Å². The number of fused-ring (bicyclic) bond motifs is 1. The van der Waals surface area contributed by atoms with Crippen molar-refractivity contribution in [1.29, 1.82) is 0 Å². The quantitative estimate of drug-likeness (QED) is 0.602. The molecule has 4 heteroatoms. The molecule has 0 radical (unpaired) electrons. The van der Waals surface area contributed by atoms with E-state index in [1.165, 1.54) is 0 Å². The highest BCUT2D eigenvalue weighted by molar-refractivity contribution is 6.07. The summed E-state index contributed by atoms with van der Waals surface area (Å²) in [5.41, 5.74) is 1.72. The third kappa shape index (κ3) is 4.00. The lowest BCUT2D eigenvalue weighted by Crippen LogP contribution is -2.39. The van der Waals surface area contributed by atoms with Gasteiger partial charge in [-0.25, -0.2) is 9.79 Å². The molecule has 0 spiro atoms. The Morgan fingerprint density at radius 1 is 0.852 bits per heavy atom. The Hall–Kier alpha value is -3.14. The molecule has 1 N–H and O–H groups in total. The number of carbonyl (C=O) groups excluding carboxylic acids is 1. The maximum absolute atomic E-state index is 13.1. The smallest absolute Gasteiger partial charge is 0.307 e. The largest absolute Gasteiger partial charge is 0.327 e. The fourth-order valence-electron chi connectivity index (χ4n) is 3.50. The molecule has 3 aromatic carbocycles. The number of para-hydroxylation sites is 1. The number of amidine groups is 1. The summed E-state index contributed by atoms with van der Waals surface area (Å²) in [5.74, 6) is 0.844. The van der Waals surface area contributed by atoms with Crippen LogP contribution in [0.15, 0.2) is 77.8 Å². The second-order valence-electron chi connectivity index (χ2n) is 6.78. The molecular weight excluding hydrogens is 334 g/mol. The summed E-state index contributed by atoms with van der Waals surface area (Å²) >= 11 is 0. The van der Waals surface area contributed by atoms with E-state index < -0.39 is 0 Å². The maximum Gasteiger partial charge on any atom is 0.327 e. The van der Waals surface area contributed by atoms with E-state index >= 15 is 0 Å². The van der Waals surface area contributed by atoms with E-state index in [9.17, 15) is 4.79 Å². The molecule has 3 aromatic rings. The molecule has 4 nitrogen and oxygen atoms in total. The maximum atomic E-state index is 13.1. The van der Waals surface area contributed by atoms with Crippen molar-refractivity contribution in [2.45, 2.75) is 25.7 Å². The molecule has 2 amide bonds. The second kappa shape index (κ2) is 8.04. The predicted molar refractivity (Wildman–Crippen MR) is 112 cm³/mol. The minimum Gasteiger partial charge on any atom is -0.307 e. The summed E-state index contributed by atoms with van der Waals surface area (Å²) in [4.78, 5) is 19.7. The molecule has 1 saturated heterocycles. The van der Waals surface area contributed by atoms with Gasteiger partial charge in [0.2, 0.25) is 0 Å². The number of nitrogens with one attached hydrogen (secondary N) is 1. The number of urea groups is 1. The van der Waals surface area contributed by atoms with Crippen molar-refractivity contribution in [2.24, 2.45) is 4.99 Å². The predicted octanol–water partition coefficient (Wildman–Crippen LogP) is 5.98. The molecule has 0 aliphatic carbocycles. The van der Waals surface area contributed by atoms with E-state index in [0.717, 1.165) is 53.7 Å². The molecule has 1 fully saturated rings. The van der Waals surface area contributed by atoms with Crippen molar-refractivity contribution in [3.8, 4) is 0 Å². The average Bonchev–Trinajstić information content (AvgIpc) is 2.94. The minimum absolute atomic E-state index is 0.108. The van der Waals surface area contributed by atoms with Gasteiger partial charge in [-0.05, 0) is 36.4 Å². The summed E-state index contributed by atoms with van der Waals surface area (Å²) in [6.07, 6.45) is 3.99. The third-order valence-electron chi connectivity index (χ3n) is 4.88. The molecule has 0 saturated carbocycles. The second-order valence-corrected chi connectivity index (χ2v) is 6.78. The van der Waals surface area contributed by atoms with Crippen molar-refractivity contribution < 1.29 is 4.79 Å². The first-order chi connectivity index (χ1) is 13.3. The summed E-state index contributed by atoms with van der Waals surface area (Å²) < 4.78 is 0. The number of amides is 2. The molecular formula is C23H23N3O. The number of carbonyl (C=O) groups is 1. The Morgan fingerprint density at radius 2 is 1.63 bits per heavy atom. The van der Waals surface area contributed by atoms with E-state index in [2.05, 4.69) is 17.4 Å². The summed E-state index contributed by atoms with van der Waals surface area (Å²) in [6.45, 7) is 0.697. The van der Waals surface area contributed by atoms with Crippen LogP contribution in [0, 0.1) is 0 Å². The first-order valence-corrected chi connectivity index (χ1v) is 9.50. The Morgan fingerprint density at radius 3 is 2.52 bits per heavy atom. The molecule has 136 valence electrons. The number of likely N-dealkylation sites (tertiary alicyclic amines) is 1. The molecule has 0 bridgehead atoms. The Kier molecular flexibility index (Phi) is 5.15. The van der Waals surface area contributed by atoms with Crippen LogP contribution in [0.25, 0.3) is 10.8 Å². The van der Waals surface area contributed by atoms with E-state index in [1.807, 2.05) is 65.6 Å². The van der Waals surface area contributed by atoms with E-state index in [0.29, 0.717) is 6.54 Å². The topological polar surface area (TPSA) is 44.7 Å². The number of aliphatic imine (C=N–C) groups is 1. The number of hydrogen-bond acceptors (Lipinski definition) is 2. The molecule has 0 atom stereocenters. The van der Waals surface area contributed by atoms with Gasteiger partial charge >= 0.3 is 6.03 Å². The molecule has 0 aromatic heterocycles. The van der Waals surface area contributed by atoms with Gasteiger partial charge in [-0.3, -0.25) is 4.90 Å². The monoisotopic (exact) mass is 357 g/mol. The van der Waals surface area contributed by atoms with Gasteiger partial charge in [0.15, 0.2) is 0 Å². The molecule has 0 unspecified atom stereocenters. The highest BCUT2D eigenvalue weighted by Crippen LogP contribution is 2.24. The fraction of sp³-hybridized carbons (Fsp3) is 0.217. The number of hydrogen-bond donors (Lipinski definition) is 1. The molecule has 1 aliphatic heterocycles. The van der Waals surface area contributed by atoms with Gasteiger partial charge in [-0.15, -0.1) is 0 Å². The van der Waals surface area contributed by atoms with Gasteiger partial charge in [-0.1, -0.05) is 61.0 Å². The zero-order chi connectivity index (χ0) is 18.5. The van der Waals surface area contributed by atoms with Gasteiger partial charge in [0.25, 0.3) is 0 Å². The zero-order valence-corrected chi connectivity index (χ0v) is 15.3. The number of nitrogens with zero attached hydrogens (tertiary/aromatic N) is 2. The highest BCUT2D eigenvalue weighted by atomic mass is 16.2. The molecule has 1 heterocycles. The standard InChI is InChI=1S/C23H23N3O/c27-23(25-21-15-9-11-18-10-6-7-14-20(18)21)26-17-8-2-5-16-22(26)24-19-12-3-1-4-13-19/h1,3-4,6-7,9-15H,2,5,8,16-17H2,(H,25,27). The van der Waals surface area contributed by atoms with Gasteiger partial charge in [-0.2, -0.15) is 0 Å². The zero-order valence-electron chi connectivity index (χ0n) is 15.3. The van der Waals surface area contributed by atoms with Crippen LogP contribution in [0.4, 0.5) is 16.2 Å². The lowest BCUT2D eigenvalue weighted by molar-refractivity contribution is 0.233. The van der Waals surface area contributed by atoms with Crippen molar-refractivity contribution in [3.63, 3.8) is 0 Å². The van der Waals surface area contributed by atoms with E-state index in [1.54, 1.807) is 0 Å². The van der Waals surface area contributed by atoms with Crippen LogP contribution < -0.4 is 5.32 Å². The summed E-state index contributed by atoms with van der Waals surface area (Å²) in [7, 11) is 0. The van der Waals surface area contributed by atoms with Gasteiger partial charge < -0.3 is 5.32 Å². The van der Waals surface area contributed by atoms with Crippen molar-refractivity contribution >= 4 is 34.0 Å². The number of anilines is 1. The Balaban J connectivity index is 1.62. The van der Waals surface area contributed by atoms with Crippen molar-refractivity contribution in [1.82, 2.24) is 4.90 Å². The van der Waals surface area contributed by atoms with Gasteiger partial charge in [0.05, 0.1) is 11.4 Å². The van der Waals surface area contributed by atoms with Crippen LogP contribution in [-0.2, 0) is 0 Å². The van der Waals surface area contributed by atoms with Crippen LogP contribution in [0.3, 0.4) is 0 Å². The lowest BCUT2D eigenvalue weighted by Gasteiger charge is -2.23. The number of benzene rings is 3. The van der Waals surface area contributed by atoms with Crippen molar-refractivity contribution in [2.75, 3.05) is 11.9 Å². The summed E-state index contributed by atoms with van der Waals surface area (Å²) in [5, 5.41) is 5.27. The first kappa shape index (κ1) is 17.3. The molecule has 1 aliphatic rings. The van der Waals surface area contributed by atoms with Crippen LogP contribution in [0.1, 0.15) is 25.7 Å². The number of rotatable bonds is 2.